The molecule has 0 saturated carbocycles. The molecule has 9 heteroatoms. The minimum Gasteiger partial charge on any atom is -0.293 e. The second kappa shape index (κ2) is 9.44. The SMILES string of the molecule is Cc1ccc(-n2c(SCC(=O)c3ccc(NS(C)(=O)=O)cc3)nc3ccccc3c2=O)cc1C. The van der Waals surface area contributed by atoms with Crippen molar-refractivity contribution in [1.29, 1.82) is 0 Å². The van der Waals surface area contributed by atoms with Crippen molar-refractivity contribution in [2.24, 2.45) is 0 Å². The molecule has 0 saturated heterocycles. The lowest BCUT2D eigenvalue weighted by Crippen LogP contribution is -2.22. The molecule has 0 amide bonds. The topological polar surface area (TPSA) is 98.1 Å². The lowest BCUT2D eigenvalue weighted by Gasteiger charge is -2.14. The van der Waals surface area contributed by atoms with Crippen molar-refractivity contribution < 1.29 is 13.2 Å². The van der Waals surface area contributed by atoms with Crippen LogP contribution in [-0.4, -0.2) is 35.8 Å². The van der Waals surface area contributed by atoms with Gasteiger partial charge in [0, 0.05) is 11.3 Å². The Hall–Kier alpha value is -3.43. The van der Waals surface area contributed by atoms with E-state index in [0.29, 0.717) is 33.0 Å². The minimum absolute atomic E-state index is 0.0640. The second-order valence-electron chi connectivity index (χ2n) is 7.98. The van der Waals surface area contributed by atoms with Crippen molar-refractivity contribution in [3.63, 3.8) is 0 Å². The Balaban J connectivity index is 1.66. The highest BCUT2D eigenvalue weighted by molar-refractivity contribution is 7.99. The zero-order chi connectivity index (χ0) is 24.5. The predicted octanol–water partition coefficient (Wildman–Crippen LogP) is 4.35. The maximum Gasteiger partial charge on any atom is 0.266 e. The summed E-state index contributed by atoms with van der Waals surface area (Å²) in [4.78, 5) is 30.9. The number of carbonyl (C=O) groups excluding carboxylic acids is 1. The smallest absolute Gasteiger partial charge is 0.266 e. The molecule has 4 aromatic rings. The minimum atomic E-state index is -3.40. The number of ketones is 1. The van der Waals surface area contributed by atoms with Crippen LogP contribution in [0, 0.1) is 13.8 Å². The number of para-hydroxylation sites is 1. The summed E-state index contributed by atoms with van der Waals surface area (Å²) in [6.45, 7) is 3.99. The van der Waals surface area contributed by atoms with Gasteiger partial charge in [0.1, 0.15) is 0 Å². The van der Waals surface area contributed by atoms with E-state index in [1.807, 2.05) is 38.1 Å². The van der Waals surface area contributed by atoms with Gasteiger partial charge in [0.15, 0.2) is 10.9 Å². The quantitative estimate of drug-likeness (QED) is 0.234. The molecule has 1 heterocycles. The molecule has 3 aromatic carbocycles. The van der Waals surface area contributed by atoms with Crippen LogP contribution in [0.4, 0.5) is 5.69 Å². The molecule has 7 nitrogen and oxygen atoms in total. The first-order valence-electron chi connectivity index (χ1n) is 10.5. The van der Waals surface area contributed by atoms with Crippen LogP contribution in [0.15, 0.2) is 76.7 Å². The van der Waals surface area contributed by atoms with Gasteiger partial charge < -0.3 is 0 Å². The molecule has 0 spiro atoms. The van der Waals surface area contributed by atoms with Gasteiger partial charge in [-0.15, -0.1) is 0 Å². The summed E-state index contributed by atoms with van der Waals surface area (Å²) in [6.07, 6.45) is 1.06. The van der Waals surface area contributed by atoms with Crippen LogP contribution >= 0.6 is 11.8 Å². The lowest BCUT2D eigenvalue weighted by atomic mass is 10.1. The number of sulfonamides is 1. The van der Waals surface area contributed by atoms with Crippen LogP contribution in [0.5, 0.6) is 0 Å². The molecular weight excluding hydrogens is 470 g/mol. The van der Waals surface area contributed by atoms with Crippen molar-refractivity contribution >= 4 is 44.2 Å². The largest absolute Gasteiger partial charge is 0.293 e. The second-order valence-corrected chi connectivity index (χ2v) is 10.7. The molecule has 0 aliphatic heterocycles. The first-order chi connectivity index (χ1) is 16.1. The molecule has 0 aliphatic carbocycles. The summed E-state index contributed by atoms with van der Waals surface area (Å²) in [5, 5.41) is 0.932. The van der Waals surface area contributed by atoms with E-state index in [1.165, 1.54) is 23.9 Å². The van der Waals surface area contributed by atoms with Gasteiger partial charge in [-0.25, -0.2) is 13.4 Å². The van der Waals surface area contributed by atoms with Crippen LogP contribution in [0.2, 0.25) is 0 Å². The van der Waals surface area contributed by atoms with Gasteiger partial charge in [0.05, 0.1) is 28.6 Å². The number of carbonyl (C=O) groups is 1. The zero-order valence-electron chi connectivity index (χ0n) is 18.9. The zero-order valence-corrected chi connectivity index (χ0v) is 20.5. The van der Waals surface area contributed by atoms with Crippen LogP contribution in [0.3, 0.4) is 0 Å². The molecule has 1 aromatic heterocycles. The van der Waals surface area contributed by atoms with E-state index < -0.39 is 10.0 Å². The van der Waals surface area contributed by atoms with E-state index in [1.54, 1.807) is 34.9 Å². The standard InChI is InChI=1S/C25H23N3O4S2/c1-16-8-13-20(14-17(16)2)28-24(30)21-6-4-5-7-22(21)26-25(28)33-15-23(29)18-9-11-19(12-10-18)27-34(3,31)32/h4-14,27H,15H2,1-3H3. The third-order valence-electron chi connectivity index (χ3n) is 5.34. The number of benzene rings is 3. The Morgan fingerprint density at radius 1 is 1.00 bits per heavy atom. The summed E-state index contributed by atoms with van der Waals surface area (Å²) >= 11 is 1.19. The number of Topliss-reactive ketones (excluding diaryl/α,β-unsaturated/α-hetero) is 1. The van der Waals surface area contributed by atoms with Gasteiger partial charge in [0.2, 0.25) is 10.0 Å². The fraction of sp³-hybridized carbons (Fsp3) is 0.160. The van der Waals surface area contributed by atoms with Gasteiger partial charge in [-0.3, -0.25) is 18.9 Å². The van der Waals surface area contributed by atoms with Crippen LogP contribution in [0.1, 0.15) is 21.5 Å². The molecule has 0 unspecified atom stereocenters. The van der Waals surface area contributed by atoms with Gasteiger partial charge in [-0.05, 0) is 73.5 Å². The Morgan fingerprint density at radius 2 is 1.71 bits per heavy atom. The average molecular weight is 494 g/mol. The van der Waals surface area contributed by atoms with E-state index >= 15 is 0 Å². The third-order valence-corrected chi connectivity index (χ3v) is 6.88. The molecule has 4 rings (SSSR count). The number of hydrogen-bond acceptors (Lipinski definition) is 6. The van der Waals surface area contributed by atoms with Crippen molar-refractivity contribution in [1.82, 2.24) is 9.55 Å². The van der Waals surface area contributed by atoms with Crippen LogP contribution in [-0.2, 0) is 10.0 Å². The highest BCUT2D eigenvalue weighted by atomic mass is 32.2. The number of hydrogen-bond donors (Lipinski definition) is 1. The fourth-order valence-electron chi connectivity index (χ4n) is 3.45. The van der Waals surface area contributed by atoms with E-state index in [2.05, 4.69) is 9.71 Å². The highest BCUT2D eigenvalue weighted by Crippen LogP contribution is 2.24. The van der Waals surface area contributed by atoms with Crippen molar-refractivity contribution in [3.8, 4) is 5.69 Å². The van der Waals surface area contributed by atoms with Crippen LogP contribution in [0.25, 0.3) is 16.6 Å². The first kappa shape index (κ1) is 23.7. The molecule has 1 N–H and O–H groups in total. The molecule has 34 heavy (non-hydrogen) atoms. The van der Waals surface area contributed by atoms with Gasteiger partial charge in [0.25, 0.3) is 5.56 Å². The lowest BCUT2D eigenvalue weighted by molar-refractivity contribution is 0.102. The van der Waals surface area contributed by atoms with Crippen molar-refractivity contribution in [3.05, 3.63) is 93.8 Å². The number of thioether (sulfide) groups is 1. The van der Waals surface area contributed by atoms with Gasteiger partial charge in [-0.2, -0.15) is 0 Å². The first-order valence-corrected chi connectivity index (χ1v) is 13.3. The maximum absolute atomic E-state index is 13.4. The van der Waals surface area contributed by atoms with E-state index in [9.17, 15) is 18.0 Å². The Morgan fingerprint density at radius 3 is 2.38 bits per heavy atom. The molecule has 0 bridgehead atoms. The van der Waals surface area contributed by atoms with E-state index in [0.717, 1.165) is 17.4 Å². The highest BCUT2D eigenvalue weighted by Gasteiger charge is 2.16. The number of rotatable bonds is 7. The summed E-state index contributed by atoms with van der Waals surface area (Å²) < 4.78 is 26.7. The molecular formula is C25H23N3O4S2. The number of aryl methyl sites for hydroxylation is 2. The third kappa shape index (κ3) is 5.21. The predicted molar refractivity (Wildman–Crippen MR) is 137 cm³/mol. The normalized spacial score (nSPS) is 11.5. The number of nitrogens with zero attached hydrogens (tertiary/aromatic N) is 2. The summed E-state index contributed by atoms with van der Waals surface area (Å²) in [5.41, 5.74) is 4.05. The summed E-state index contributed by atoms with van der Waals surface area (Å²) in [6, 6.07) is 19.1. The number of nitrogens with one attached hydrogen (secondary N) is 1. The number of fused-ring (bicyclic) bond motifs is 1. The van der Waals surface area contributed by atoms with Gasteiger partial charge >= 0.3 is 0 Å². The van der Waals surface area contributed by atoms with Gasteiger partial charge in [-0.1, -0.05) is 30.0 Å². The number of anilines is 1. The Kier molecular flexibility index (Phi) is 6.58. The van der Waals surface area contributed by atoms with Crippen LogP contribution < -0.4 is 10.3 Å². The molecule has 0 radical (unpaired) electrons. The van der Waals surface area contributed by atoms with Crippen molar-refractivity contribution in [2.45, 2.75) is 19.0 Å². The Bertz CT molecular complexity index is 1560. The van der Waals surface area contributed by atoms with E-state index in [4.69, 9.17) is 0 Å². The molecule has 0 atom stereocenters. The van der Waals surface area contributed by atoms with Crippen molar-refractivity contribution in [2.75, 3.05) is 16.7 Å². The molecule has 0 fully saturated rings. The summed E-state index contributed by atoms with van der Waals surface area (Å²) in [5.74, 6) is -0.0981. The molecule has 174 valence electrons. The fourth-order valence-corrected chi connectivity index (χ4v) is 4.92. The maximum atomic E-state index is 13.4. The molecule has 0 aliphatic rings. The Labute approximate surface area is 201 Å². The average Bonchev–Trinajstić information content (AvgIpc) is 2.79. The summed E-state index contributed by atoms with van der Waals surface area (Å²) in [7, 11) is -3.40. The number of aromatic nitrogens is 2. The van der Waals surface area contributed by atoms with E-state index in [-0.39, 0.29) is 17.1 Å². The monoisotopic (exact) mass is 493 g/mol.